The summed E-state index contributed by atoms with van der Waals surface area (Å²) in [6.07, 6.45) is 1.96. The van der Waals surface area contributed by atoms with Crippen LogP contribution in [-0.4, -0.2) is 47.9 Å². The highest BCUT2D eigenvalue weighted by Gasteiger charge is 2.46. The van der Waals surface area contributed by atoms with Gasteiger partial charge in [-0.1, -0.05) is 0 Å². The molecule has 8 heteroatoms. The number of carbonyl (C=O) groups excluding carboxylic acids is 4. The van der Waals surface area contributed by atoms with Crippen LogP contribution in [-0.2, 0) is 33.4 Å². The summed E-state index contributed by atoms with van der Waals surface area (Å²) < 4.78 is 15.0. The van der Waals surface area contributed by atoms with Gasteiger partial charge in [0, 0.05) is 33.6 Å². The molecular weight excluding hydrogens is 318 g/mol. The number of fused-ring (bicyclic) bond motifs is 1. The Kier molecular flexibility index (Phi) is 5.06. The van der Waals surface area contributed by atoms with Crippen LogP contribution in [0.1, 0.15) is 33.6 Å². The molecule has 8 nitrogen and oxygen atoms in total. The summed E-state index contributed by atoms with van der Waals surface area (Å²) in [6, 6.07) is -1.20. The summed E-state index contributed by atoms with van der Waals surface area (Å²) in [5.41, 5.74) is 0.743. The molecule has 24 heavy (non-hydrogen) atoms. The highest BCUT2D eigenvalue weighted by Crippen LogP contribution is 2.39. The van der Waals surface area contributed by atoms with Crippen molar-refractivity contribution in [2.24, 2.45) is 0 Å². The lowest BCUT2D eigenvalue weighted by atomic mass is 9.96. The highest BCUT2D eigenvalue weighted by molar-refractivity contribution is 5.86. The zero-order valence-electron chi connectivity index (χ0n) is 14.0. The number of methoxy groups -OCH3 is 1. The second-order valence-electron chi connectivity index (χ2n) is 5.58. The molecule has 0 aromatic heterocycles. The van der Waals surface area contributed by atoms with E-state index < -0.39 is 30.0 Å². The topological polar surface area (TPSA) is 99.2 Å². The maximum atomic E-state index is 12.0. The quantitative estimate of drug-likeness (QED) is 0.555. The molecular formula is C16H19NO7. The molecule has 0 bridgehead atoms. The predicted molar refractivity (Wildman–Crippen MR) is 80.0 cm³/mol. The zero-order valence-corrected chi connectivity index (χ0v) is 14.0. The van der Waals surface area contributed by atoms with Gasteiger partial charge in [-0.3, -0.25) is 14.4 Å². The molecule has 0 spiro atoms. The van der Waals surface area contributed by atoms with E-state index in [1.54, 1.807) is 6.08 Å². The van der Waals surface area contributed by atoms with E-state index in [-0.39, 0.29) is 30.3 Å². The third-order valence-electron chi connectivity index (χ3n) is 3.86. The summed E-state index contributed by atoms with van der Waals surface area (Å²) in [6.45, 7) is 3.82. The average Bonchev–Trinajstić information content (AvgIpc) is 2.84. The lowest BCUT2D eigenvalue weighted by Crippen LogP contribution is -2.45. The van der Waals surface area contributed by atoms with Crippen molar-refractivity contribution in [2.45, 2.75) is 45.7 Å². The van der Waals surface area contributed by atoms with Crippen LogP contribution in [0.4, 0.5) is 0 Å². The number of ether oxygens (including phenoxy) is 3. The molecule has 0 saturated carbocycles. The van der Waals surface area contributed by atoms with Gasteiger partial charge in [-0.25, -0.2) is 4.79 Å². The minimum absolute atomic E-state index is 0.123. The van der Waals surface area contributed by atoms with Gasteiger partial charge in [-0.15, -0.1) is 0 Å². The van der Waals surface area contributed by atoms with Crippen molar-refractivity contribution in [1.82, 2.24) is 4.90 Å². The minimum Gasteiger partial charge on any atom is -0.467 e. The molecule has 1 amide bonds. The molecule has 2 atom stereocenters. The Labute approximate surface area is 139 Å². The summed E-state index contributed by atoms with van der Waals surface area (Å²) in [7, 11) is 1.25. The Morgan fingerprint density at radius 2 is 1.67 bits per heavy atom. The number of carbonyl (C=O) groups is 4. The average molecular weight is 337 g/mol. The number of nitrogens with zero attached hydrogens (tertiary/aromatic N) is 1. The van der Waals surface area contributed by atoms with Crippen molar-refractivity contribution >= 4 is 23.8 Å². The molecule has 0 aromatic carbocycles. The monoisotopic (exact) mass is 337 g/mol. The summed E-state index contributed by atoms with van der Waals surface area (Å²) >= 11 is 0. The number of esters is 3. The largest absolute Gasteiger partial charge is 0.467 e. The Balaban J connectivity index is 2.39. The maximum Gasteiger partial charge on any atom is 0.328 e. The summed E-state index contributed by atoms with van der Waals surface area (Å²) in [4.78, 5) is 47.9. The smallest absolute Gasteiger partial charge is 0.328 e. The van der Waals surface area contributed by atoms with Crippen molar-refractivity contribution in [1.29, 1.82) is 0 Å². The van der Waals surface area contributed by atoms with E-state index in [9.17, 15) is 19.2 Å². The van der Waals surface area contributed by atoms with Crippen LogP contribution in [0, 0.1) is 0 Å². The number of rotatable bonds is 3. The molecule has 1 heterocycles. The summed E-state index contributed by atoms with van der Waals surface area (Å²) in [5.74, 6) is -1.67. The van der Waals surface area contributed by atoms with Gasteiger partial charge in [0.1, 0.15) is 6.04 Å². The van der Waals surface area contributed by atoms with Gasteiger partial charge in [-0.2, -0.15) is 0 Å². The molecule has 1 aliphatic heterocycles. The van der Waals surface area contributed by atoms with Crippen LogP contribution in [0.3, 0.4) is 0 Å². The third kappa shape index (κ3) is 3.47. The molecule has 0 aromatic rings. The van der Waals surface area contributed by atoms with Crippen molar-refractivity contribution in [3.05, 3.63) is 23.2 Å². The number of hydrogen-bond acceptors (Lipinski definition) is 7. The normalized spacial score (nSPS) is 22.5. The minimum atomic E-state index is -0.751. The van der Waals surface area contributed by atoms with Crippen LogP contribution in [0.5, 0.6) is 0 Å². The predicted octanol–water partition coefficient (Wildman–Crippen LogP) is 0.817. The molecule has 0 N–H and O–H groups in total. The van der Waals surface area contributed by atoms with Gasteiger partial charge in [0.15, 0.2) is 11.5 Å². The lowest BCUT2D eigenvalue weighted by Gasteiger charge is -2.30. The van der Waals surface area contributed by atoms with E-state index in [0.29, 0.717) is 0 Å². The molecule has 2 unspecified atom stereocenters. The van der Waals surface area contributed by atoms with Crippen LogP contribution in [0.25, 0.3) is 0 Å². The molecule has 0 radical (unpaired) electrons. The Hall–Kier alpha value is -2.64. The van der Waals surface area contributed by atoms with E-state index >= 15 is 0 Å². The SMILES string of the molecule is COC(=O)C1CC2=CC(OC(C)=O)=C(OC(C)=O)CC2N1C(C)=O. The van der Waals surface area contributed by atoms with Crippen LogP contribution >= 0.6 is 0 Å². The molecule has 1 saturated heterocycles. The van der Waals surface area contributed by atoms with E-state index in [2.05, 4.69) is 0 Å². The van der Waals surface area contributed by atoms with E-state index in [0.717, 1.165) is 5.57 Å². The maximum absolute atomic E-state index is 12.0. The highest BCUT2D eigenvalue weighted by atomic mass is 16.6. The van der Waals surface area contributed by atoms with Crippen LogP contribution in [0.2, 0.25) is 0 Å². The Morgan fingerprint density at radius 3 is 2.17 bits per heavy atom. The van der Waals surface area contributed by atoms with Gasteiger partial charge in [0.2, 0.25) is 5.91 Å². The third-order valence-corrected chi connectivity index (χ3v) is 3.86. The first-order chi connectivity index (χ1) is 11.2. The molecule has 1 fully saturated rings. The van der Waals surface area contributed by atoms with Crippen LogP contribution < -0.4 is 0 Å². The molecule has 130 valence electrons. The number of likely N-dealkylation sites (tertiary alicyclic amines) is 1. The number of amides is 1. The molecule has 2 rings (SSSR count). The van der Waals surface area contributed by atoms with Crippen molar-refractivity contribution < 1.29 is 33.4 Å². The standard InChI is InChI=1S/C16H19NO7/c1-8(18)17-12-7-15(24-10(3)20)14(23-9(2)19)6-11(12)5-13(17)16(21)22-4/h6,12-13H,5,7H2,1-4H3. The van der Waals surface area contributed by atoms with E-state index in [1.807, 2.05) is 0 Å². The Bertz CT molecular complexity index is 661. The van der Waals surface area contributed by atoms with Gasteiger partial charge in [-0.05, 0) is 11.6 Å². The van der Waals surface area contributed by atoms with E-state index in [4.69, 9.17) is 14.2 Å². The fourth-order valence-electron chi connectivity index (χ4n) is 3.04. The van der Waals surface area contributed by atoms with Crippen molar-refractivity contribution in [3.63, 3.8) is 0 Å². The Morgan fingerprint density at radius 1 is 1.04 bits per heavy atom. The molecule has 1 aliphatic carbocycles. The zero-order chi connectivity index (χ0) is 18.0. The van der Waals surface area contributed by atoms with Gasteiger partial charge < -0.3 is 19.1 Å². The number of allylic oxidation sites excluding steroid dienone is 1. The van der Waals surface area contributed by atoms with Gasteiger partial charge in [0.05, 0.1) is 13.2 Å². The summed E-state index contributed by atoms with van der Waals surface area (Å²) in [5, 5.41) is 0. The number of hydrogen-bond donors (Lipinski definition) is 0. The first-order valence-corrected chi connectivity index (χ1v) is 7.41. The van der Waals surface area contributed by atoms with Crippen molar-refractivity contribution in [3.8, 4) is 0 Å². The first-order valence-electron chi connectivity index (χ1n) is 7.41. The fourth-order valence-corrected chi connectivity index (χ4v) is 3.04. The second kappa shape index (κ2) is 6.86. The first kappa shape index (κ1) is 17.7. The van der Waals surface area contributed by atoms with E-state index in [1.165, 1.54) is 32.8 Å². The lowest BCUT2D eigenvalue weighted by molar-refractivity contribution is -0.151. The molecule has 2 aliphatic rings. The van der Waals surface area contributed by atoms with Gasteiger partial charge in [0.25, 0.3) is 0 Å². The van der Waals surface area contributed by atoms with Crippen LogP contribution in [0.15, 0.2) is 23.2 Å². The van der Waals surface area contributed by atoms with Gasteiger partial charge >= 0.3 is 17.9 Å². The fraction of sp³-hybridized carbons (Fsp3) is 0.500. The van der Waals surface area contributed by atoms with Crippen molar-refractivity contribution in [2.75, 3.05) is 7.11 Å². The second-order valence-corrected chi connectivity index (χ2v) is 5.58.